The van der Waals surface area contributed by atoms with Gasteiger partial charge in [0.1, 0.15) is 17.0 Å². The van der Waals surface area contributed by atoms with E-state index in [4.69, 9.17) is 9.63 Å². The van der Waals surface area contributed by atoms with Gasteiger partial charge < -0.3 is 24.3 Å². The molecule has 3 aromatic heterocycles. The third-order valence-corrected chi connectivity index (χ3v) is 5.70. The minimum absolute atomic E-state index is 0.00522. The van der Waals surface area contributed by atoms with Gasteiger partial charge in [-0.15, -0.1) is 13.2 Å². The van der Waals surface area contributed by atoms with E-state index in [1.165, 1.54) is 29.3 Å². The Morgan fingerprint density at radius 1 is 1.23 bits per heavy atom. The lowest BCUT2D eigenvalue weighted by Gasteiger charge is -2.30. The molecular weight excluding hydrogens is 473 g/mol. The fourth-order valence-electron chi connectivity index (χ4n) is 4.11. The number of alkyl halides is 3. The Balaban J connectivity index is 1.46. The van der Waals surface area contributed by atoms with Gasteiger partial charge in [-0.05, 0) is 25.0 Å². The molecule has 0 radical (unpaired) electrons. The molecule has 0 atom stereocenters. The van der Waals surface area contributed by atoms with Gasteiger partial charge >= 0.3 is 12.5 Å². The number of benzene rings is 1. The molecule has 0 spiro atoms. The number of aromatic nitrogens is 5. The largest absolute Gasteiger partial charge is 0.573 e. The van der Waals surface area contributed by atoms with Gasteiger partial charge in [0.25, 0.3) is 11.4 Å². The third kappa shape index (κ3) is 4.54. The second kappa shape index (κ2) is 8.45. The van der Waals surface area contributed by atoms with Crippen LogP contribution in [0.15, 0.2) is 45.8 Å². The SMILES string of the molecule is O=C(O)N1CCC(c2cc(=O)[nH]c3c(-c4nc(-c5cccc(OC(F)(F)F)c5)no4)cnn23)CC1. The molecule has 14 heteroatoms. The van der Waals surface area contributed by atoms with Crippen LogP contribution >= 0.6 is 0 Å². The Morgan fingerprint density at radius 3 is 2.71 bits per heavy atom. The molecule has 1 aromatic carbocycles. The average Bonchev–Trinajstić information content (AvgIpc) is 3.45. The van der Waals surface area contributed by atoms with Crippen LogP contribution in [0.5, 0.6) is 5.75 Å². The summed E-state index contributed by atoms with van der Waals surface area (Å²) in [5, 5.41) is 17.3. The van der Waals surface area contributed by atoms with Crippen molar-refractivity contribution in [2.45, 2.75) is 25.1 Å². The molecule has 182 valence electrons. The molecule has 1 aliphatic heterocycles. The highest BCUT2D eigenvalue weighted by Gasteiger charge is 2.31. The highest BCUT2D eigenvalue weighted by atomic mass is 19.4. The predicted molar refractivity (Wildman–Crippen MR) is 113 cm³/mol. The van der Waals surface area contributed by atoms with Gasteiger partial charge in [0, 0.05) is 30.6 Å². The smallest absolute Gasteiger partial charge is 0.465 e. The lowest BCUT2D eigenvalue weighted by Crippen LogP contribution is -2.37. The van der Waals surface area contributed by atoms with Crippen LogP contribution in [0.2, 0.25) is 0 Å². The molecule has 1 aliphatic rings. The van der Waals surface area contributed by atoms with Crippen molar-refractivity contribution in [3.63, 3.8) is 0 Å². The summed E-state index contributed by atoms with van der Waals surface area (Å²) in [6, 6.07) is 6.56. The van der Waals surface area contributed by atoms with Crippen LogP contribution in [-0.4, -0.2) is 60.3 Å². The first-order valence-electron chi connectivity index (χ1n) is 10.5. The number of nitrogens with zero attached hydrogens (tertiary/aromatic N) is 5. The van der Waals surface area contributed by atoms with Gasteiger partial charge in [-0.25, -0.2) is 9.31 Å². The van der Waals surface area contributed by atoms with Crippen molar-refractivity contribution in [3.05, 3.63) is 52.6 Å². The molecule has 0 aliphatic carbocycles. The van der Waals surface area contributed by atoms with Gasteiger partial charge in [-0.1, -0.05) is 17.3 Å². The third-order valence-electron chi connectivity index (χ3n) is 5.70. The number of aromatic amines is 1. The molecule has 0 unspecified atom stereocenters. The number of rotatable bonds is 4. The average molecular weight is 490 g/mol. The molecule has 2 N–H and O–H groups in total. The molecule has 1 saturated heterocycles. The maximum absolute atomic E-state index is 12.5. The van der Waals surface area contributed by atoms with Crippen LogP contribution in [0.3, 0.4) is 0 Å². The summed E-state index contributed by atoms with van der Waals surface area (Å²) < 4.78 is 48.4. The quantitative estimate of drug-likeness (QED) is 0.443. The molecule has 5 rings (SSSR count). The Hall–Kier alpha value is -4.36. The maximum atomic E-state index is 12.5. The first-order chi connectivity index (χ1) is 16.7. The van der Waals surface area contributed by atoms with Gasteiger partial charge in [-0.2, -0.15) is 10.1 Å². The zero-order valence-electron chi connectivity index (χ0n) is 17.8. The summed E-state index contributed by atoms with van der Waals surface area (Å²) in [6.45, 7) is 0.680. The number of halogens is 3. The first kappa shape index (κ1) is 22.4. The van der Waals surface area contributed by atoms with Crippen LogP contribution < -0.4 is 10.3 Å². The summed E-state index contributed by atoms with van der Waals surface area (Å²) in [4.78, 5) is 31.9. The van der Waals surface area contributed by atoms with E-state index in [-0.39, 0.29) is 28.8 Å². The van der Waals surface area contributed by atoms with Crippen molar-refractivity contribution in [2.24, 2.45) is 0 Å². The number of piperidine rings is 1. The lowest BCUT2D eigenvalue weighted by atomic mass is 9.93. The molecule has 0 bridgehead atoms. The molecular formula is C21H17F3N6O5. The number of H-pyrrole nitrogens is 1. The van der Waals surface area contributed by atoms with Crippen molar-refractivity contribution < 1.29 is 32.3 Å². The van der Waals surface area contributed by atoms with E-state index in [0.717, 1.165) is 12.1 Å². The summed E-state index contributed by atoms with van der Waals surface area (Å²) in [5.74, 6) is -0.491. The summed E-state index contributed by atoms with van der Waals surface area (Å²) in [7, 11) is 0. The first-order valence-corrected chi connectivity index (χ1v) is 10.5. The molecule has 1 amide bonds. The molecule has 4 aromatic rings. The van der Waals surface area contributed by atoms with E-state index in [2.05, 4.69) is 25.0 Å². The van der Waals surface area contributed by atoms with Crippen LogP contribution in [0.1, 0.15) is 24.5 Å². The van der Waals surface area contributed by atoms with Crippen molar-refractivity contribution in [1.82, 2.24) is 29.6 Å². The highest BCUT2D eigenvalue weighted by molar-refractivity contribution is 5.72. The number of carbonyl (C=O) groups is 1. The zero-order chi connectivity index (χ0) is 24.7. The lowest BCUT2D eigenvalue weighted by molar-refractivity contribution is -0.274. The zero-order valence-corrected chi connectivity index (χ0v) is 17.8. The highest BCUT2D eigenvalue weighted by Crippen LogP contribution is 2.31. The van der Waals surface area contributed by atoms with Gasteiger partial charge in [0.05, 0.1) is 11.9 Å². The molecule has 35 heavy (non-hydrogen) atoms. The van der Waals surface area contributed by atoms with E-state index in [1.54, 1.807) is 4.52 Å². The monoisotopic (exact) mass is 490 g/mol. The Labute approximate surface area is 193 Å². The normalized spacial score (nSPS) is 15.0. The molecule has 0 saturated carbocycles. The number of fused-ring (bicyclic) bond motifs is 1. The van der Waals surface area contributed by atoms with E-state index in [0.29, 0.717) is 42.8 Å². The van der Waals surface area contributed by atoms with E-state index >= 15 is 0 Å². The molecule has 11 nitrogen and oxygen atoms in total. The summed E-state index contributed by atoms with van der Waals surface area (Å²) in [6.07, 6.45) is -3.33. The van der Waals surface area contributed by atoms with E-state index in [9.17, 15) is 22.8 Å². The van der Waals surface area contributed by atoms with Crippen molar-refractivity contribution in [2.75, 3.05) is 13.1 Å². The minimum Gasteiger partial charge on any atom is -0.465 e. The number of amides is 1. The van der Waals surface area contributed by atoms with Gasteiger partial charge in [-0.3, -0.25) is 4.79 Å². The van der Waals surface area contributed by atoms with Crippen LogP contribution in [-0.2, 0) is 0 Å². The second-order valence-corrected chi connectivity index (χ2v) is 7.92. The number of hydrogen-bond donors (Lipinski definition) is 2. The maximum Gasteiger partial charge on any atom is 0.573 e. The summed E-state index contributed by atoms with van der Waals surface area (Å²) in [5.41, 5.74) is 1.10. The van der Waals surface area contributed by atoms with Gasteiger partial charge in [0.15, 0.2) is 0 Å². The van der Waals surface area contributed by atoms with Crippen LogP contribution in [0.25, 0.3) is 28.5 Å². The Bertz CT molecular complexity index is 1450. The van der Waals surface area contributed by atoms with Gasteiger partial charge in [0.2, 0.25) is 5.82 Å². The topological polar surface area (TPSA) is 139 Å². The predicted octanol–water partition coefficient (Wildman–Crippen LogP) is 3.50. The fourth-order valence-corrected chi connectivity index (χ4v) is 4.11. The summed E-state index contributed by atoms with van der Waals surface area (Å²) >= 11 is 0. The molecule has 4 heterocycles. The number of hydrogen-bond acceptors (Lipinski definition) is 7. The van der Waals surface area contributed by atoms with Crippen molar-refractivity contribution in [3.8, 4) is 28.6 Å². The van der Waals surface area contributed by atoms with Crippen molar-refractivity contribution in [1.29, 1.82) is 0 Å². The van der Waals surface area contributed by atoms with E-state index in [1.807, 2.05) is 0 Å². The number of carboxylic acid groups (broad SMARTS) is 1. The fraction of sp³-hybridized carbons (Fsp3) is 0.286. The Morgan fingerprint density at radius 2 is 2.00 bits per heavy atom. The van der Waals surface area contributed by atoms with E-state index < -0.39 is 18.2 Å². The number of nitrogens with one attached hydrogen (secondary N) is 1. The second-order valence-electron chi connectivity index (χ2n) is 7.92. The van der Waals surface area contributed by atoms with Crippen LogP contribution in [0, 0.1) is 0 Å². The number of ether oxygens (including phenoxy) is 1. The van der Waals surface area contributed by atoms with Crippen LogP contribution in [0.4, 0.5) is 18.0 Å². The number of likely N-dealkylation sites (tertiary alicyclic amines) is 1. The minimum atomic E-state index is -4.84. The van der Waals surface area contributed by atoms with Crippen molar-refractivity contribution >= 4 is 11.7 Å². The molecule has 1 fully saturated rings. The standard InChI is InChI=1S/C21H17F3N6O5/c22-21(23,24)34-13-3-1-2-12(8-13)17-27-19(35-28-17)14-10-25-30-15(9-16(31)26-18(14)30)11-4-6-29(7-5-11)20(32)33/h1-3,8-11H,4-7H2,(H,26,31)(H,32,33). The Kier molecular flexibility index (Phi) is 5.42.